The summed E-state index contributed by atoms with van der Waals surface area (Å²) in [5, 5.41) is 15.4. The van der Waals surface area contributed by atoms with Crippen LogP contribution in [0.3, 0.4) is 0 Å². The molecule has 1 aliphatic rings. The van der Waals surface area contributed by atoms with Gasteiger partial charge in [0.05, 0.1) is 19.7 Å². The van der Waals surface area contributed by atoms with Gasteiger partial charge in [-0.1, -0.05) is 18.2 Å². The van der Waals surface area contributed by atoms with Crippen molar-refractivity contribution in [3.05, 3.63) is 78.5 Å². The normalized spacial score (nSPS) is 15.5. The van der Waals surface area contributed by atoms with Crippen molar-refractivity contribution in [3.63, 3.8) is 0 Å². The number of nitriles is 1. The summed E-state index contributed by atoms with van der Waals surface area (Å²) in [5.74, 6) is 1.46. The van der Waals surface area contributed by atoms with Crippen LogP contribution in [0, 0.1) is 11.3 Å². The predicted octanol–water partition coefficient (Wildman–Crippen LogP) is 3.81. The van der Waals surface area contributed by atoms with Crippen LogP contribution >= 0.6 is 0 Å². The maximum Gasteiger partial charge on any atom is 0.323 e. The fourth-order valence-corrected chi connectivity index (χ4v) is 4.15. The highest BCUT2D eigenvalue weighted by molar-refractivity contribution is 5.81. The second-order valence-electron chi connectivity index (χ2n) is 8.65. The minimum atomic E-state index is -0.692. The van der Waals surface area contributed by atoms with Crippen LogP contribution < -0.4 is 15.4 Å². The van der Waals surface area contributed by atoms with Gasteiger partial charge in [-0.3, -0.25) is 14.9 Å². The van der Waals surface area contributed by atoms with Gasteiger partial charge in [0, 0.05) is 18.4 Å². The van der Waals surface area contributed by atoms with Gasteiger partial charge in [-0.25, -0.2) is 4.98 Å². The van der Waals surface area contributed by atoms with E-state index >= 15 is 0 Å². The molecule has 0 spiro atoms. The van der Waals surface area contributed by atoms with Crippen LogP contribution in [0.1, 0.15) is 18.4 Å². The van der Waals surface area contributed by atoms with Gasteiger partial charge in [0.15, 0.2) is 0 Å². The Labute approximate surface area is 216 Å². The summed E-state index contributed by atoms with van der Waals surface area (Å²) in [6.45, 7) is 0.525. The van der Waals surface area contributed by atoms with E-state index in [9.17, 15) is 14.9 Å². The number of hydrogen-bond donors (Lipinski definition) is 2. The van der Waals surface area contributed by atoms with E-state index in [4.69, 9.17) is 9.47 Å². The van der Waals surface area contributed by atoms with Crippen LogP contribution in [0.5, 0.6) is 11.5 Å². The molecule has 9 nitrogen and oxygen atoms in total. The molecule has 0 saturated carbocycles. The smallest absolute Gasteiger partial charge is 0.323 e. The Morgan fingerprint density at radius 1 is 1.11 bits per heavy atom. The maximum absolute atomic E-state index is 12.5. The summed E-state index contributed by atoms with van der Waals surface area (Å²) in [5.41, 5.74) is 1.78. The predicted molar refractivity (Wildman–Crippen MR) is 138 cm³/mol. The van der Waals surface area contributed by atoms with E-state index in [0.29, 0.717) is 30.9 Å². The van der Waals surface area contributed by atoms with E-state index in [-0.39, 0.29) is 12.5 Å². The van der Waals surface area contributed by atoms with Crippen molar-refractivity contribution >= 4 is 23.4 Å². The lowest BCUT2D eigenvalue weighted by Gasteiger charge is -2.22. The van der Waals surface area contributed by atoms with Gasteiger partial charge in [0.25, 0.3) is 0 Å². The highest BCUT2D eigenvalue weighted by atomic mass is 16.5. The van der Waals surface area contributed by atoms with Gasteiger partial charge in [0.1, 0.15) is 29.4 Å². The number of amides is 1. The lowest BCUT2D eigenvalue weighted by Crippen LogP contribution is -2.47. The summed E-state index contributed by atoms with van der Waals surface area (Å²) < 4.78 is 10.9. The SMILES string of the molecule is COC(=O)[C@H](Cc1ccc(Oc2ccc(Nc3ccccn3)cc2)cc1)NCC(=O)N1CCC[C@H]1C#N. The van der Waals surface area contributed by atoms with E-state index < -0.39 is 18.1 Å². The van der Waals surface area contributed by atoms with Gasteiger partial charge in [-0.2, -0.15) is 5.26 Å². The molecular weight excluding hydrogens is 470 g/mol. The molecule has 1 aromatic heterocycles. The van der Waals surface area contributed by atoms with Gasteiger partial charge >= 0.3 is 5.97 Å². The van der Waals surface area contributed by atoms with E-state index in [0.717, 1.165) is 23.5 Å². The second-order valence-corrected chi connectivity index (χ2v) is 8.65. The number of carbonyl (C=O) groups is 2. The van der Waals surface area contributed by atoms with Crippen molar-refractivity contribution in [3.8, 4) is 17.6 Å². The summed E-state index contributed by atoms with van der Waals surface area (Å²) in [4.78, 5) is 30.7. The van der Waals surface area contributed by atoms with E-state index in [1.165, 1.54) is 7.11 Å². The molecule has 1 amide bonds. The van der Waals surface area contributed by atoms with Crippen LogP contribution in [0.4, 0.5) is 11.5 Å². The molecule has 1 aliphatic heterocycles. The molecular formula is C28H29N5O4. The molecule has 0 radical (unpaired) electrons. The summed E-state index contributed by atoms with van der Waals surface area (Å²) >= 11 is 0. The monoisotopic (exact) mass is 499 g/mol. The molecule has 3 aromatic rings. The third-order valence-corrected chi connectivity index (χ3v) is 6.10. The van der Waals surface area contributed by atoms with Crippen LogP contribution in [0.15, 0.2) is 72.9 Å². The highest BCUT2D eigenvalue weighted by Gasteiger charge is 2.29. The Bertz CT molecular complexity index is 1230. The average molecular weight is 500 g/mol. The summed E-state index contributed by atoms with van der Waals surface area (Å²) in [6.07, 6.45) is 3.57. The van der Waals surface area contributed by atoms with Gasteiger partial charge in [-0.05, 0) is 73.4 Å². The van der Waals surface area contributed by atoms with Gasteiger partial charge in [-0.15, -0.1) is 0 Å². The lowest BCUT2D eigenvalue weighted by atomic mass is 10.1. The number of hydrogen-bond acceptors (Lipinski definition) is 8. The zero-order valence-corrected chi connectivity index (χ0v) is 20.6. The van der Waals surface area contributed by atoms with Crippen LogP contribution in [0.25, 0.3) is 0 Å². The number of nitrogens with zero attached hydrogens (tertiary/aromatic N) is 3. The molecule has 4 rings (SSSR count). The standard InChI is InChI=1S/C28H29N5O4/c1-36-28(35)25(31-19-27(34)33-16-4-5-22(33)18-29)17-20-7-11-23(12-8-20)37-24-13-9-21(10-14-24)32-26-6-2-3-15-30-26/h2-3,6-15,22,25,31H,4-5,16-17,19H2,1H3,(H,30,32)/t22-,25-/m0/s1. The quantitative estimate of drug-likeness (QED) is 0.405. The Kier molecular flexibility index (Phi) is 8.68. The Morgan fingerprint density at radius 3 is 2.49 bits per heavy atom. The number of pyridine rings is 1. The first-order valence-electron chi connectivity index (χ1n) is 12.1. The first kappa shape index (κ1) is 25.7. The molecule has 2 aromatic carbocycles. The fraction of sp³-hybridized carbons (Fsp3) is 0.286. The summed E-state index contributed by atoms with van der Waals surface area (Å²) in [7, 11) is 1.32. The minimum Gasteiger partial charge on any atom is -0.468 e. The van der Waals surface area contributed by atoms with Crippen LogP contribution in [0.2, 0.25) is 0 Å². The highest BCUT2D eigenvalue weighted by Crippen LogP contribution is 2.25. The molecule has 2 atom stereocenters. The minimum absolute atomic E-state index is 0.0374. The zero-order chi connectivity index (χ0) is 26.0. The van der Waals surface area contributed by atoms with E-state index in [1.807, 2.05) is 66.7 Å². The zero-order valence-electron chi connectivity index (χ0n) is 20.6. The number of likely N-dealkylation sites (tertiary alicyclic amines) is 1. The number of methoxy groups -OCH3 is 1. The molecule has 0 unspecified atom stereocenters. The molecule has 37 heavy (non-hydrogen) atoms. The molecule has 2 N–H and O–H groups in total. The molecule has 1 fully saturated rings. The van der Waals surface area contributed by atoms with Crippen LogP contribution in [-0.4, -0.2) is 54.0 Å². The number of benzene rings is 2. The van der Waals surface area contributed by atoms with Crippen molar-refractivity contribution in [2.45, 2.75) is 31.3 Å². The third kappa shape index (κ3) is 7.06. The number of rotatable bonds is 10. The molecule has 190 valence electrons. The molecule has 0 bridgehead atoms. The summed E-state index contributed by atoms with van der Waals surface area (Å²) in [6, 6.07) is 21.7. The van der Waals surface area contributed by atoms with Gasteiger partial charge in [0.2, 0.25) is 5.91 Å². The Balaban J connectivity index is 1.31. The number of ether oxygens (including phenoxy) is 2. The molecule has 1 saturated heterocycles. The van der Waals surface area contributed by atoms with E-state index in [1.54, 1.807) is 11.1 Å². The maximum atomic E-state index is 12.5. The van der Waals surface area contributed by atoms with Crippen molar-refractivity contribution in [1.29, 1.82) is 5.26 Å². The number of aromatic nitrogens is 1. The van der Waals surface area contributed by atoms with Crippen molar-refractivity contribution < 1.29 is 19.1 Å². The third-order valence-electron chi connectivity index (χ3n) is 6.10. The van der Waals surface area contributed by atoms with Crippen molar-refractivity contribution in [2.75, 3.05) is 25.5 Å². The number of nitrogens with one attached hydrogen (secondary N) is 2. The molecule has 2 heterocycles. The topological polar surface area (TPSA) is 117 Å². The number of carbonyl (C=O) groups excluding carboxylic acids is 2. The average Bonchev–Trinajstić information content (AvgIpc) is 3.42. The first-order chi connectivity index (χ1) is 18.1. The van der Waals surface area contributed by atoms with Gasteiger partial charge < -0.3 is 19.7 Å². The number of esters is 1. The van der Waals surface area contributed by atoms with Crippen molar-refractivity contribution in [2.24, 2.45) is 0 Å². The van der Waals surface area contributed by atoms with Crippen molar-refractivity contribution in [1.82, 2.24) is 15.2 Å². The largest absolute Gasteiger partial charge is 0.468 e. The Hall–Kier alpha value is -4.42. The van der Waals surface area contributed by atoms with Crippen LogP contribution in [-0.2, 0) is 20.7 Å². The fourth-order valence-electron chi connectivity index (χ4n) is 4.15. The first-order valence-corrected chi connectivity index (χ1v) is 12.1. The molecule has 0 aliphatic carbocycles. The number of anilines is 2. The van der Waals surface area contributed by atoms with E-state index in [2.05, 4.69) is 21.7 Å². The Morgan fingerprint density at radius 2 is 1.84 bits per heavy atom. The molecule has 9 heteroatoms. The second kappa shape index (κ2) is 12.5. The lowest BCUT2D eigenvalue weighted by molar-refractivity contribution is -0.143.